The zero-order valence-corrected chi connectivity index (χ0v) is 9.54. The van der Waals surface area contributed by atoms with Gasteiger partial charge in [0, 0.05) is 19.0 Å². The molecule has 0 radical (unpaired) electrons. The van der Waals surface area contributed by atoms with Gasteiger partial charge in [0.2, 0.25) is 0 Å². The van der Waals surface area contributed by atoms with Crippen LogP contribution in [0.25, 0.3) is 11.0 Å². The van der Waals surface area contributed by atoms with Crippen molar-refractivity contribution in [2.24, 2.45) is 5.73 Å². The molecule has 6 heteroatoms. The summed E-state index contributed by atoms with van der Waals surface area (Å²) in [6, 6.07) is 3.73. The van der Waals surface area contributed by atoms with Crippen LogP contribution in [0.15, 0.2) is 18.2 Å². The average Bonchev–Trinajstić information content (AvgIpc) is 2.65. The van der Waals surface area contributed by atoms with Crippen molar-refractivity contribution in [1.29, 1.82) is 0 Å². The quantitative estimate of drug-likeness (QED) is 0.785. The third kappa shape index (κ3) is 1.77. The van der Waals surface area contributed by atoms with Crippen LogP contribution in [0, 0.1) is 0 Å². The number of halogens is 3. The zero-order valence-electron chi connectivity index (χ0n) is 9.54. The second-order valence-corrected chi connectivity index (χ2v) is 4.64. The van der Waals surface area contributed by atoms with Crippen LogP contribution >= 0.6 is 0 Å². The van der Waals surface area contributed by atoms with Gasteiger partial charge in [-0.1, -0.05) is 0 Å². The molecule has 1 aromatic carbocycles. The zero-order chi connectivity index (χ0) is 12.9. The molecule has 0 aliphatic carbocycles. The van der Waals surface area contributed by atoms with Crippen LogP contribution in [0.2, 0.25) is 0 Å². The smallest absolute Gasteiger partial charge is 0.326 e. The number of aromatic nitrogens is 2. The van der Waals surface area contributed by atoms with E-state index in [0.29, 0.717) is 12.1 Å². The van der Waals surface area contributed by atoms with Crippen molar-refractivity contribution in [3.05, 3.63) is 29.6 Å². The van der Waals surface area contributed by atoms with E-state index in [4.69, 9.17) is 5.73 Å². The highest BCUT2D eigenvalue weighted by atomic mass is 19.4. The predicted molar refractivity (Wildman–Crippen MR) is 61.0 cm³/mol. The SMILES string of the molecule is NC1CCc2nc3cc(C(F)(F)F)ccc3n2C1. The van der Waals surface area contributed by atoms with E-state index in [-0.39, 0.29) is 6.04 Å². The lowest BCUT2D eigenvalue weighted by Gasteiger charge is -2.20. The largest absolute Gasteiger partial charge is 0.416 e. The van der Waals surface area contributed by atoms with Crippen LogP contribution in [-0.2, 0) is 19.1 Å². The van der Waals surface area contributed by atoms with Crippen molar-refractivity contribution in [3.63, 3.8) is 0 Å². The van der Waals surface area contributed by atoms with E-state index < -0.39 is 11.7 Å². The number of hydrogen-bond acceptors (Lipinski definition) is 2. The molecule has 0 fully saturated rings. The standard InChI is InChI=1S/C12H12F3N3/c13-12(14,15)7-1-3-10-9(5-7)17-11-4-2-8(16)6-18(10)11/h1,3,5,8H,2,4,6,16H2. The van der Waals surface area contributed by atoms with Gasteiger partial charge in [-0.05, 0) is 24.6 Å². The molecular formula is C12H12F3N3. The Morgan fingerprint density at radius 2 is 2.11 bits per heavy atom. The van der Waals surface area contributed by atoms with E-state index in [1.165, 1.54) is 6.07 Å². The molecule has 0 spiro atoms. The van der Waals surface area contributed by atoms with E-state index in [2.05, 4.69) is 4.98 Å². The Balaban J connectivity index is 2.15. The molecule has 0 bridgehead atoms. The maximum Gasteiger partial charge on any atom is 0.416 e. The molecule has 2 heterocycles. The molecule has 2 aromatic rings. The fourth-order valence-corrected chi connectivity index (χ4v) is 2.39. The Kier molecular flexibility index (Phi) is 2.38. The first kappa shape index (κ1) is 11.5. The lowest BCUT2D eigenvalue weighted by Crippen LogP contribution is -2.31. The van der Waals surface area contributed by atoms with Gasteiger partial charge in [-0.2, -0.15) is 13.2 Å². The van der Waals surface area contributed by atoms with E-state index in [9.17, 15) is 13.2 Å². The number of benzene rings is 1. The van der Waals surface area contributed by atoms with Crippen molar-refractivity contribution >= 4 is 11.0 Å². The maximum atomic E-state index is 12.6. The van der Waals surface area contributed by atoms with Gasteiger partial charge in [0.1, 0.15) is 5.82 Å². The van der Waals surface area contributed by atoms with Crippen molar-refractivity contribution in [2.75, 3.05) is 0 Å². The van der Waals surface area contributed by atoms with Crippen LogP contribution in [0.5, 0.6) is 0 Å². The molecule has 3 rings (SSSR count). The molecule has 96 valence electrons. The molecule has 0 saturated heterocycles. The number of hydrogen-bond donors (Lipinski definition) is 1. The monoisotopic (exact) mass is 255 g/mol. The highest BCUT2D eigenvalue weighted by molar-refractivity contribution is 5.77. The molecular weight excluding hydrogens is 243 g/mol. The first-order valence-electron chi connectivity index (χ1n) is 5.77. The van der Waals surface area contributed by atoms with Crippen molar-refractivity contribution in [2.45, 2.75) is 31.6 Å². The Hall–Kier alpha value is -1.56. The highest BCUT2D eigenvalue weighted by Crippen LogP contribution is 2.32. The predicted octanol–water partition coefficient (Wildman–Crippen LogP) is 2.33. The third-order valence-electron chi connectivity index (χ3n) is 3.31. The van der Waals surface area contributed by atoms with Gasteiger partial charge in [0.15, 0.2) is 0 Å². The van der Waals surface area contributed by atoms with Gasteiger partial charge >= 0.3 is 6.18 Å². The van der Waals surface area contributed by atoms with E-state index in [0.717, 1.165) is 36.3 Å². The number of fused-ring (bicyclic) bond motifs is 3. The summed E-state index contributed by atoms with van der Waals surface area (Å²) in [6.45, 7) is 0.622. The summed E-state index contributed by atoms with van der Waals surface area (Å²) in [5.41, 5.74) is 6.34. The Morgan fingerprint density at radius 3 is 2.83 bits per heavy atom. The van der Waals surface area contributed by atoms with E-state index in [1.54, 1.807) is 0 Å². The van der Waals surface area contributed by atoms with Crippen LogP contribution in [0.4, 0.5) is 13.2 Å². The van der Waals surface area contributed by atoms with E-state index >= 15 is 0 Å². The van der Waals surface area contributed by atoms with Gasteiger partial charge in [-0.15, -0.1) is 0 Å². The molecule has 3 nitrogen and oxygen atoms in total. The fourth-order valence-electron chi connectivity index (χ4n) is 2.39. The number of imidazole rings is 1. The first-order valence-corrected chi connectivity index (χ1v) is 5.77. The van der Waals surface area contributed by atoms with Crippen LogP contribution in [0.3, 0.4) is 0 Å². The highest BCUT2D eigenvalue weighted by Gasteiger charge is 2.31. The van der Waals surface area contributed by atoms with Crippen LogP contribution in [0.1, 0.15) is 17.8 Å². The summed E-state index contributed by atoms with van der Waals surface area (Å²) in [5.74, 6) is 0.825. The number of nitrogens with zero attached hydrogens (tertiary/aromatic N) is 2. The Bertz CT molecular complexity index is 600. The van der Waals surface area contributed by atoms with Crippen molar-refractivity contribution in [3.8, 4) is 0 Å². The molecule has 1 aromatic heterocycles. The Morgan fingerprint density at radius 1 is 1.33 bits per heavy atom. The van der Waals surface area contributed by atoms with Crippen molar-refractivity contribution in [1.82, 2.24) is 9.55 Å². The lowest BCUT2D eigenvalue weighted by atomic mass is 10.1. The van der Waals surface area contributed by atoms with Gasteiger partial charge in [0.05, 0.1) is 16.6 Å². The molecule has 2 N–H and O–H groups in total. The van der Waals surface area contributed by atoms with Crippen LogP contribution in [-0.4, -0.2) is 15.6 Å². The summed E-state index contributed by atoms with van der Waals surface area (Å²) in [5, 5.41) is 0. The van der Waals surface area contributed by atoms with Gasteiger partial charge in [-0.25, -0.2) is 4.98 Å². The third-order valence-corrected chi connectivity index (χ3v) is 3.31. The molecule has 1 atom stereocenters. The summed E-state index contributed by atoms with van der Waals surface area (Å²) < 4.78 is 39.7. The van der Waals surface area contributed by atoms with Gasteiger partial charge in [-0.3, -0.25) is 0 Å². The molecule has 1 unspecified atom stereocenters. The van der Waals surface area contributed by atoms with Crippen LogP contribution < -0.4 is 5.73 Å². The number of rotatable bonds is 0. The van der Waals surface area contributed by atoms with E-state index in [1.807, 2.05) is 4.57 Å². The number of aryl methyl sites for hydroxylation is 1. The molecule has 0 saturated carbocycles. The first-order chi connectivity index (χ1) is 8.45. The lowest BCUT2D eigenvalue weighted by molar-refractivity contribution is -0.137. The minimum absolute atomic E-state index is 0.0530. The minimum Gasteiger partial charge on any atom is -0.326 e. The summed E-state index contributed by atoms with van der Waals surface area (Å²) in [4.78, 5) is 4.27. The molecule has 1 aliphatic heterocycles. The maximum absolute atomic E-state index is 12.6. The topological polar surface area (TPSA) is 43.8 Å². The molecule has 0 amide bonds. The second kappa shape index (κ2) is 3.71. The van der Waals surface area contributed by atoms with Gasteiger partial charge in [0.25, 0.3) is 0 Å². The summed E-state index contributed by atoms with van der Waals surface area (Å²) in [7, 11) is 0. The normalized spacial score (nSPS) is 20.1. The van der Waals surface area contributed by atoms with Gasteiger partial charge < -0.3 is 10.3 Å². The average molecular weight is 255 g/mol. The Labute approximate surface area is 101 Å². The molecule has 18 heavy (non-hydrogen) atoms. The number of alkyl halides is 3. The second-order valence-electron chi connectivity index (χ2n) is 4.64. The van der Waals surface area contributed by atoms with Crippen molar-refractivity contribution < 1.29 is 13.2 Å². The number of nitrogens with two attached hydrogens (primary N) is 1. The summed E-state index contributed by atoms with van der Waals surface area (Å²) >= 11 is 0. The minimum atomic E-state index is -4.32. The fraction of sp³-hybridized carbons (Fsp3) is 0.417. The molecule has 1 aliphatic rings. The summed E-state index contributed by atoms with van der Waals surface area (Å²) in [6.07, 6.45) is -2.78.